The van der Waals surface area contributed by atoms with E-state index in [4.69, 9.17) is 4.74 Å². The number of rotatable bonds is 7. The Hall–Kier alpha value is -2.19. The van der Waals surface area contributed by atoms with Crippen molar-refractivity contribution in [3.8, 4) is 0 Å². The third-order valence-electron chi connectivity index (χ3n) is 6.81. The van der Waals surface area contributed by atoms with Crippen LogP contribution in [-0.4, -0.2) is 53.3 Å². The van der Waals surface area contributed by atoms with Gasteiger partial charge >= 0.3 is 5.97 Å². The Kier molecular flexibility index (Phi) is 5.48. The van der Waals surface area contributed by atoms with Gasteiger partial charge in [0, 0.05) is 56.5 Å². The molecule has 4 rings (SSSR count). The van der Waals surface area contributed by atoms with Crippen molar-refractivity contribution in [2.75, 3.05) is 26.7 Å². The minimum atomic E-state index is -2.03. The predicted octanol–water partition coefficient (Wildman–Crippen LogP) is 2.17. The number of hydrogen-bond acceptors (Lipinski definition) is 5. The highest BCUT2D eigenvalue weighted by Crippen LogP contribution is 2.48. The summed E-state index contributed by atoms with van der Waals surface area (Å²) in [6, 6.07) is 1.77. The fourth-order valence-corrected chi connectivity index (χ4v) is 5.12. The van der Waals surface area contributed by atoms with Crippen LogP contribution < -0.4 is 10.7 Å². The van der Waals surface area contributed by atoms with Gasteiger partial charge in [0.2, 0.25) is 5.60 Å². The van der Waals surface area contributed by atoms with Gasteiger partial charge in [0.25, 0.3) is 0 Å². The van der Waals surface area contributed by atoms with Crippen LogP contribution in [0, 0.1) is 5.92 Å². The number of hydrogen-bond donors (Lipinski definition) is 2. The number of aliphatic carboxylic acids is 1. The molecular formula is C22H30FN3O4. The fraction of sp³-hybridized carbons (Fsp3) is 0.636. The molecule has 1 aliphatic heterocycles. The number of carboxylic acids is 1. The molecule has 8 heteroatoms. The van der Waals surface area contributed by atoms with Gasteiger partial charge in [-0.25, -0.2) is 9.18 Å². The van der Waals surface area contributed by atoms with E-state index in [-0.39, 0.29) is 46.8 Å². The number of methoxy groups -OCH3 is 1. The summed E-state index contributed by atoms with van der Waals surface area (Å²) in [4.78, 5) is 27.1. The molecule has 3 atom stereocenters. The minimum absolute atomic E-state index is 0.0520. The molecule has 1 aromatic heterocycles. The zero-order chi connectivity index (χ0) is 21.6. The number of ether oxygens (including phenoxy) is 1. The van der Waals surface area contributed by atoms with Crippen LogP contribution in [0.4, 0.5) is 4.39 Å². The maximum Gasteiger partial charge on any atom is 0.348 e. The van der Waals surface area contributed by atoms with Gasteiger partial charge in [0.1, 0.15) is 5.83 Å². The summed E-state index contributed by atoms with van der Waals surface area (Å²) in [5, 5.41) is 13.8. The molecule has 7 nitrogen and oxygen atoms in total. The molecule has 0 aromatic carbocycles. The molecule has 0 radical (unpaired) electrons. The first-order valence-electron chi connectivity index (χ1n) is 10.8. The van der Waals surface area contributed by atoms with E-state index in [2.05, 4.69) is 12.2 Å². The standard InChI is InChI=1S/C22H30FN3O4/c1-4-24-13(2)14-7-9-25(12-14)20-17(23)11-16-18(27)8-10-26(15-5-6-15)19(16)22(20,30-3)21(28)29/h8,10,13-15,24H,4-7,9,11-12H2,1-3H3,(H,28,29). The first-order valence-corrected chi connectivity index (χ1v) is 10.8. The number of allylic oxidation sites excluding steroid dienone is 1. The highest BCUT2D eigenvalue weighted by Gasteiger charge is 2.56. The van der Waals surface area contributed by atoms with Crippen LogP contribution in [0.15, 0.2) is 28.6 Å². The van der Waals surface area contributed by atoms with Crippen molar-refractivity contribution in [3.63, 3.8) is 0 Å². The van der Waals surface area contributed by atoms with E-state index in [9.17, 15) is 14.7 Å². The lowest BCUT2D eigenvalue weighted by atomic mass is 9.82. The van der Waals surface area contributed by atoms with Gasteiger partial charge < -0.3 is 24.6 Å². The van der Waals surface area contributed by atoms with Crippen LogP contribution in [0.25, 0.3) is 0 Å². The van der Waals surface area contributed by atoms with Crippen molar-refractivity contribution in [1.29, 1.82) is 0 Å². The Morgan fingerprint density at radius 1 is 1.43 bits per heavy atom. The largest absolute Gasteiger partial charge is 0.478 e. The zero-order valence-corrected chi connectivity index (χ0v) is 17.8. The highest BCUT2D eigenvalue weighted by molar-refractivity contribution is 5.84. The van der Waals surface area contributed by atoms with E-state index in [0.717, 1.165) is 25.8 Å². The van der Waals surface area contributed by atoms with Gasteiger partial charge in [-0.05, 0) is 38.6 Å². The van der Waals surface area contributed by atoms with E-state index in [1.165, 1.54) is 13.2 Å². The minimum Gasteiger partial charge on any atom is -0.478 e. The van der Waals surface area contributed by atoms with Crippen molar-refractivity contribution < 1.29 is 19.0 Å². The molecule has 164 valence electrons. The first-order chi connectivity index (χ1) is 14.3. The molecule has 3 aliphatic rings. The van der Waals surface area contributed by atoms with E-state index in [1.54, 1.807) is 6.20 Å². The number of nitrogens with zero attached hydrogens (tertiary/aromatic N) is 2. The Bertz CT molecular complexity index is 939. The topological polar surface area (TPSA) is 83.8 Å². The third-order valence-corrected chi connectivity index (χ3v) is 6.81. The lowest BCUT2D eigenvalue weighted by molar-refractivity contribution is -0.162. The molecule has 30 heavy (non-hydrogen) atoms. The monoisotopic (exact) mass is 419 g/mol. The van der Waals surface area contributed by atoms with Crippen LogP contribution in [-0.2, 0) is 21.6 Å². The van der Waals surface area contributed by atoms with Gasteiger partial charge in [0.05, 0.1) is 11.4 Å². The van der Waals surface area contributed by atoms with E-state index < -0.39 is 17.4 Å². The molecule has 2 aliphatic carbocycles. The summed E-state index contributed by atoms with van der Waals surface area (Å²) in [5.41, 5.74) is -1.86. The second-order valence-corrected chi connectivity index (χ2v) is 8.61. The molecule has 1 saturated carbocycles. The molecule has 0 bridgehead atoms. The van der Waals surface area contributed by atoms with E-state index in [0.29, 0.717) is 13.1 Å². The number of nitrogens with one attached hydrogen (secondary N) is 1. The number of carboxylic acid groups (broad SMARTS) is 1. The van der Waals surface area contributed by atoms with Gasteiger partial charge in [0.15, 0.2) is 5.43 Å². The van der Waals surface area contributed by atoms with Crippen molar-refractivity contribution in [2.45, 2.75) is 57.2 Å². The summed E-state index contributed by atoms with van der Waals surface area (Å²) in [6.45, 7) is 6.08. The lowest BCUT2D eigenvalue weighted by Crippen LogP contribution is -2.51. The zero-order valence-electron chi connectivity index (χ0n) is 17.8. The smallest absolute Gasteiger partial charge is 0.348 e. The first kappa shape index (κ1) is 21.1. The summed E-state index contributed by atoms with van der Waals surface area (Å²) in [7, 11) is 1.29. The number of carbonyl (C=O) groups is 1. The number of pyridine rings is 1. The molecule has 2 fully saturated rings. The van der Waals surface area contributed by atoms with Crippen molar-refractivity contribution in [1.82, 2.24) is 14.8 Å². The van der Waals surface area contributed by atoms with Gasteiger partial charge in [-0.15, -0.1) is 0 Å². The Morgan fingerprint density at radius 2 is 2.17 bits per heavy atom. The number of likely N-dealkylation sites (tertiary alicyclic amines) is 1. The second-order valence-electron chi connectivity index (χ2n) is 8.61. The van der Waals surface area contributed by atoms with Crippen LogP contribution in [0.1, 0.15) is 50.4 Å². The molecule has 2 N–H and O–H groups in total. The average molecular weight is 419 g/mol. The van der Waals surface area contributed by atoms with E-state index in [1.807, 2.05) is 16.4 Å². The third kappa shape index (κ3) is 3.17. The molecule has 1 saturated heterocycles. The van der Waals surface area contributed by atoms with Crippen LogP contribution >= 0.6 is 0 Å². The molecule has 2 heterocycles. The second kappa shape index (κ2) is 7.81. The molecule has 0 spiro atoms. The maximum atomic E-state index is 15.6. The van der Waals surface area contributed by atoms with E-state index >= 15 is 4.39 Å². The Morgan fingerprint density at radius 3 is 2.77 bits per heavy atom. The normalized spacial score (nSPS) is 27.3. The SMILES string of the molecule is CCNC(C)C1CCN(C2=C(F)Cc3c(n(C4CC4)ccc3=O)C2(OC)C(=O)O)C1. The maximum absolute atomic E-state index is 15.6. The summed E-state index contributed by atoms with van der Waals surface area (Å²) in [5.74, 6) is -1.61. The Labute approximate surface area is 175 Å². The number of aromatic nitrogens is 1. The quantitative estimate of drug-likeness (QED) is 0.705. The van der Waals surface area contributed by atoms with Crippen molar-refractivity contribution >= 4 is 5.97 Å². The van der Waals surface area contributed by atoms with Crippen LogP contribution in [0.3, 0.4) is 0 Å². The number of halogens is 1. The van der Waals surface area contributed by atoms with Crippen LogP contribution in [0.2, 0.25) is 0 Å². The fourth-order valence-electron chi connectivity index (χ4n) is 5.12. The average Bonchev–Trinajstić information content (AvgIpc) is 3.44. The lowest BCUT2D eigenvalue weighted by Gasteiger charge is -2.41. The molecule has 1 aromatic rings. The summed E-state index contributed by atoms with van der Waals surface area (Å²) >= 11 is 0. The van der Waals surface area contributed by atoms with Crippen molar-refractivity contribution in [2.24, 2.45) is 5.92 Å². The van der Waals surface area contributed by atoms with Crippen molar-refractivity contribution in [3.05, 3.63) is 45.3 Å². The highest BCUT2D eigenvalue weighted by atomic mass is 19.1. The van der Waals surface area contributed by atoms with Gasteiger partial charge in [-0.3, -0.25) is 4.79 Å². The Balaban J connectivity index is 1.83. The van der Waals surface area contributed by atoms with Gasteiger partial charge in [-0.2, -0.15) is 0 Å². The summed E-state index contributed by atoms with van der Waals surface area (Å²) in [6.07, 6.45) is 4.09. The predicted molar refractivity (Wildman–Crippen MR) is 110 cm³/mol. The van der Waals surface area contributed by atoms with Crippen LogP contribution in [0.5, 0.6) is 0 Å². The molecule has 3 unspecified atom stereocenters. The number of fused-ring (bicyclic) bond motifs is 1. The molecule has 0 amide bonds. The molecular weight excluding hydrogens is 389 g/mol. The van der Waals surface area contributed by atoms with Gasteiger partial charge in [-0.1, -0.05) is 6.92 Å². The summed E-state index contributed by atoms with van der Waals surface area (Å²) < 4.78 is 23.0.